The fraction of sp³-hybridized carbons (Fsp3) is 0.381. The summed E-state index contributed by atoms with van der Waals surface area (Å²) in [5.41, 5.74) is 12.0. The second kappa shape index (κ2) is 5.10. The van der Waals surface area contributed by atoms with Crippen LogP contribution in [0.5, 0.6) is 0 Å². The molecule has 0 fully saturated rings. The van der Waals surface area contributed by atoms with Gasteiger partial charge in [-0.05, 0) is 60.1 Å². The lowest BCUT2D eigenvalue weighted by Gasteiger charge is -2.49. The van der Waals surface area contributed by atoms with Gasteiger partial charge in [-0.15, -0.1) is 0 Å². The Bertz CT molecular complexity index is 906. The van der Waals surface area contributed by atoms with Crippen LogP contribution in [-0.4, -0.2) is 30.0 Å². The average Bonchev–Trinajstić information content (AvgIpc) is 2.76. The van der Waals surface area contributed by atoms with Crippen molar-refractivity contribution in [1.29, 1.82) is 0 Å². The Hall–Kier alpha value is -1.81. The summed E-state index contributed by atoms with van der Waals surface area (Å²) in [7, 11) is 2.07. The van der Waals surface area contributed by atoms with Crippen LogP contribution in [0, 0.1) is 0 Å². The van der Waals surface area contributed by atoms with E-state index in [1.807, 2.05) is 0 Å². The summed E-state index contributed by atoms with van der Waals surface area (Å²) in [6.07, 6.45) is 4.17. The Kier molecular flexibility index (Phi) is 3.15. The number of rotatable bonds is 0. The van der Waals surface area contributed by atoms with E-state index in [1.54, 1.807) is 0 Å². The van der Waals surface area contributed by atoms with Gasteiger partial charge in [0.1, 0.15) is 0 Å². The zero-order valence-electron chi connectivity index (χ0n) is 14.4. The van der Waals surface area contributed by atoms with Crippen molar-refractivity contribution in [2.75, 3.05) is 13.6 Å². The van der Waals surface area contributed by atoms with Gasteiger partial charge in [0, 0.05) is 23.5 Å². The van der Waals surface area contributed by atoms with E-state index in [9.17, 15) is 0 Å². The molecule has 2 aliphatic carbocycles. The normalized spacial score (nSPS) is 29.8. The molecule has 0 spiro atoms. The third-order valence-electron chi connectivity index (χ3n) is 6.61. The minimum Gasteiger partial charge on any atom is -0.370 e. The lowest BCUT2D eigenvalue weighted by Crippen LogP contribution is -2.61. The van der Waals surface area contributed by atoms with Gasteiger partial charge in [0.2, 0.25) is 0 Å². The van der Waals surface area contributed by atoms with E-state index in [2.05, 4.69) is 70.3 Å². The molecule has 1 aliphatic heterocycles. The van der Waals surface area contributed by atoms with E-state index < -0.39 is 0 Å². The first-order chi connectivity index (χ1) is 12.0. The smallest absolute Gasteiger partial charge is 0.191 e. The number of halogens is 1. The first-order valence-electron chi connectivity index (χ1n) is 8.95. The third-order valence-corrected chi connectivity index (χ3v) is 7.10. The second-order valence-electron chi connectivity index (χ2n) is 7.86. The topological polar surface area (TPSA) is 41.6 Å². The van der Waals surface area contributed by atoms with E-state index in [-0.39, 0.29) is 11.0 Å². The van der Waals surface area contributed by atoms with Crippen LogP contribution in [0.25, 0.3) is 0 Å². The fourth-order valence-corrected chi connectivity index (χ4v) is 5.75. The molecule has 0 amide bonds. The van der Waals surface area contributed by atoms with Crippen molar-refractivity contribution in [2.24, 2.45) is 10.7 Å². The van der Waals surface area contributed by atoms with Gasteiger partial charge in [-0.3, -0.25) is 0 Å². The lowest BCUT2D eigenvalue weighted by atomic mass is 9.64. The number of likely N-dealkylation sites (N-methyl/N-ethyl adjacent to an activating group) is 1. The molecule has 0 saturated carbocycles. The molecule has 2 unspecified atom stereocenters. The number of hydrogen-bond donors (Lipinski definition) is 1. The number of benzene rings is 2. The molecular weight excluding hydrogens is 374 g/mol. The largest absolute Gasteiger partial charge is 0.370 e. The zero-order chi connectivity index (χ0) is 17.2. The molecule has 2 atom stereocenters. The van der Waals surface area contributed by atoms with Crippen LogP contribution in [0.15, 0.2) is 51.9 Å². The number of aryl methyl sites for hydroxylation is 1. The molecule has 0 bridgehead atoms. The van der Waals surface area contributed by atoms with Crippen LogP contribution in [0.2, 0.25) is 0 Å². The van der Waals surface area contributed by atoms with E-state index in [1.165, 1.54) is 22.3 Å². The molecule has 4 heteroatoms. The van der Waals surface area contributed by atoms with Crippen LogP contribution < -0.4 is 5.73 Å². The molecule has 3 nitrogen and oxygen atoms in total. The highest BCUT2D eigenvalue weighted by Crippen LogP contribution is 2.56. The van der Waals surface area contributed by atoms with Gasteiger partial charge in [-0.2, -0.15) is 0 Å². The molecule has 128 valence electrons. The van der Waals surface area contributed by atoms with Gasteiger partial charge >= 0.3 is 0 Å². The minimum absolute atomic E-state index is 0.00363. The quantitative estimate of drug-likeness (QED) is 0.742. The van der Waals surface area contributed by atoms with Crippen molar-refractivity contribution >= 4 is 21.9 Å². The number of nitrogens with two attached hydrogens (primary N) is 1. The molecular formula is C21H22BrN3. The molecule has 2 N–H and O–H groups in total. The Morgan fingerprint density at radius 2 is 1.88 bits per heavy atom. The number of hydrogen-bond acceptors (Lipinski definition) is 3. The van der Waals surface area contributed by atoms with E-state index in [4.69, 9.17) is 10.7 Å². The lowest BCUT2D eigenvalue weighted by molar-refractivity contribution is 0.169. The maximum absolute atomic E-state index is 6.32. The third kappa shape index (κ3) is 2.00. The summed E-state index contributed by atoms with van der Waals surface area (Å²) in [5.74, 6) is 0.688. The number of aliphatic imine (C=N–C) groups is 1. The van der Waals surface area contributed by atoms with Gasteiger partial charge in [0.15, 0.2) is 5.96 Å². The number of guanidine groups is 1. The Morgan fingerprint density at radius 1 is 1.08 bits per heavy atom. The highest BCUT2D eigenvalue weighted by atomic mass is 79.9. The molecule has 0 aromatic heterocycles. The molecule has 3 aliphatic rings. The summed E-state index contributed by atoms with van der Waals surface area (Å²) in [5, 5.41) is 0. The van der Waals surface area contributed by atoms with Crippen molar-refractivity contribution in [3.8, 4) is 0 Å². The summed E-state index contributed by atoms with van der Waals surface area (Å²) in [6.45, 7) is 0.931. The average molecular weight is 396 g/mol. The maximum atomic E-state index is 6.32. The van der Waals surface area contributed by atoms with Gasteiger partial charge in [-0.1, -0.05) is 46.3 Å². The van der Waals surface area contributed by atoms with Crippen molar-refractivity contribution in [2.45, 2.75) is 36.6 Å². The molecule has 0 saturated heterocycles. The highest BCUT2D eigenvalue weighted by molar-refractivity contribution is 9.10. The van der Waals surface area contributed by atoms with Gasteiger partial charge in [0.05, 0.1) is 5.54 Å². The molecule has 2 aromatic rings. The number of fused-ring (bicyclic) bond motifs is 2. The standard InChI is InChI=1S/C21H22BrN3/c1-25-13-20-11-15-5-3-2-4-14(15)8-9-21(20,24-19(25)23)12-16-6-7-17(22)10-18(16)20/h2-7,10H,8-9,11-13H2,1H3,(H2,23,24). The first-order valence-corrected chi connectivity index (χ1v) is 9.75. The van der Waals surface area contributed by atoms with E-state index in [0.29, 0.717) is 5.96 Å². The van der Waals surface area contributed by atoms with Crippen molar-refractivity contribution in [3.05, 3.63) is 69.2 Å². The Balaban J connectivity index is 1.80. The maximum Gasteiger partial charge on any atom is 0.191 e. The monoisotopic (exact) mass is 395 g/mol. The minimum atomic E-state index is -0.119. The van der Waals surface area contributed by atoms with Gasteiger partial charge in [-0.25, -0.2) is 4.99 Å². The van der Waals surface area contributed by atoms with Crippen LogP contribution >= 0.6 is 15.9 Å². The predicted octanol–water partition coefficient (Wildman–Crippen LogP) is 3.43. The molecule has 1 heterocycles. The summed E-state index contributed by atoms with van der Waals surface area (Å²) in [6, 6.07) is 15.7. The molecule has 25 heavy (non-hydrogen) atoms. The summed E-state index contributed by atoms with van der Waals surface area (Å²) < 4.78 is 1.15. The van der Waals surface area contributed by atoms with Crippen molar-refractivity contribution in [1.82, 2.24) is 4.90 Å². The van der Waals surface area contributed by atoms with Crippen LogP contribution in [0.4, 0.5) is 0 Å². The molecule has 5 rings (SSSR count). The van der Waals surface area contributed by atoms with Crippen LogP contribution in [-0.2, 0) is 24.7 Å². The highest BCUT2D eigenvalue weighted by Gasteiger charge is 2.60. The second-order valence-corrected chi connectivity index (χ2v) is 8.78. The van der Waals surface area contributed by atoms with Crippen LogP contribution in [0.3, 0.4) is 0 Å². The van der Waals surface area contributed by atoms with Gasteiger partial charge < -0.3 is 10.6 Å². The molecule has 2 aromatic carbocycles. The van der Waals surface area contributed by atoms with Gasteiger partial charge in [0.25, 0.3) is 0 Å². The van der Waals surface area contributed by atoms with Crippen LogP contribution in [0.1, 0.15) is 28.7 Å². The summed E-state index contributed by atoms with van der Waals surface area (Å²) >= 11 is 3.70. The summed E-state index contributed by atoms with van der Waals surface area (Å²) in [4.78, 5) is 7.30. The Labute approximate surface area is 157 Å². The van der Waals surface area contributed by atoms with E-state index in [0.717, 1.165) is 36.7 Å². The Morgan fingerprint density at radius 3 is 2.72 bits per heavy atom. The number of nitrogens with zero attached hydrogens (tertiary/aromatic N) is 2. The zero-order valence-corrected chi connectivity index (χ0v) is 16.0. The SMILES string of the molecule is CN1CC23Cc4ccccc4CCC2(Cc2ccc(Br)cc23)N=C1N. The van der Waals surface area contributed by atoms with E-state index >= 15 is 0 Å². The van der Waals surface area contributed by atoms with Crippen molar-refractivity contribution < 1.29 is 0 Å². The first kappa shape index (κ1) is 15.4. The molecule has 0 radical (unpaired) electrons. The van der Waals surface area contributed by atoms with Crippen molar-refractivity contribution in [3.63, 3.8) is 0 Å². The predicted molar refractivity (Wildman–Crippen MR) is 105 cm³/mol. The fourth-order valence-electron chi connectivity index (χ4n) is 5.39.